The van der Waals surface area contributed by atoms with Crippen LogP contribution in [0.3, 0.4) is 0 Å². The molecule has 0 fully saturated rings. The van der Waals surface area contributed by atoms with Crippen molar-refractivity contribution in [1.82, 2.24) is 5.32 Å². The van der Waals surface area contributed by atoms with Crippen LogP contribution in [-0.4, -0.2) is 13.1 Å². The lowest BCUT2D eigenvalue weighted by Crippen LogP contribution is -2.22. The minimum absolute atomic E-state index is 0.689. The molecular weight excluding hydrogens is 206 g/mol. The Morgan fingerprint density at radius 3 is 2.41 bits per heavy atom. The van der Waals surface area contributed by atoms with E-state index in [1.165, 1.54) is 37.7 Å². The molecule has 0 aliphatic carbocycles. The second kappa shape index (κ2) is 9.23. The largest absolute Gasteiger partial charge is 0.316 e. The first-order chi connectivity index (χ1) is 8.38. The van der Waals surface area contributed by atoms with Crippen LogP contribution in [0, 0.1) is 0 Å². The zero-order valence-electron chi connectivity index (χ0n) is 11.4. The normalized spacial score (nSPS) is 12.6. The molecule has 0 spiro atoms. The van der Waals surface area contributed by atoms with Gasteiger partial charge in [-0.1, -0.05) is 63.4 Å². The first kappa shape index (κ1) is 14.2. The van der Waals surface area contributed by atoms with Crippen molar-refractivity contribution in [1.29, 1.82) is 0 Å². The van der Waals surface area contributed by atoms with Crippen molar-refractivity contribution < 1.29 is 0 Å². The highest BCUT2D eigenvalue weighted by Crippen LogP contribution is 2.21. The van der Waals surface area contributed by atoms with Gasteiger partial charge in [0.05, 0.1) is 0 Å². The second-order valence-electron chi connectivity index (χ2n) is 4.81. The van der Waals surface area contributed by atoms with E-state index < -0.39 is 0 Å². The van der Waals surface area contributed by atoms with Gasteiger partial charge in [0.15, 0.2) is 0 Å². The van der Waals surface area contributed by atoms with Gasteiger partial charge < -0.3 is 5.32 Å². The topological polar surface area (TPSA) is 12.0 Å². The van der Waals surface area contributed by atoms with Gasteiger partial charge in [0.25, 0.3) is 0 Å². The van der Waals surface area contributed by atoms with Gasteiger partial charge in [-0.05, 0) is 30.9 Å². The average molecular weight is 233 g/mol. The molecule has 1 rings (SSSR count). The Bertz CT molecular complexity index is 258. The van der Waals surface area contributed by atoms with E-state index >= 15 is 0 Å². The van der Waals surface area contributed by atoms with E-state index in [4.69, 9.17) is 0 Å². The Labute approximate surface area is 107 Å². The highest BCUT2D eigenvalue weighted by atomic mass is 14.8. The molecule has 0 radical (unpaired) electrons. The minimum Gasteiger partial charge on any atom is -0.316 e. The minimum atomic E-state index is 0.689. The lowest BCUT2D eigenvalue weighted by atomic mass is 9.93. The molecule has 1 aromatic carbocycles. The van der Waals surface area contributed by atoms with E-state index in [0.29, 0.717) is 5.92 Å². The first-order valence-electron chi connectivity index (χ1n) is 7.14. The van der Waals surface area contributed by atoms with Crippen molar-refractivity contribution in [3.63, 3.8) is 0 Å². The van der Waals surface area contributed by atoms with Crippen molar-refractivity contribution in [3.05, 3.63) is 35.9 Å². The van der Waals surface area contributed by atoms with Gasteiger partial charge in [0.1, 0.15) is 0 Å². The molecule has 0 saturated carbocycles. The number of unbranched alkanes of at least 4 members (excludes halogenated alkanes) is 2. The third-order valence-corrected chi connectivity index (χ3v) is 3.24. The Morgan fingerprint density at radius 1 is 1.00 bits per heavy atom. The van der Waals surface area contributed by atoms with E-state index in [-0.39, 0.29) is 0 Å². The summed E-state index contributed by atoms with van der Waals surface area (Å²) in [5, 5.41) is 3.56. The SMILES string of the molecule is CCCCCC(CNCCC)c1ccccc1. The summed E-state index contributed by atoms with van der Waals surface area (Å²) in [5.41, 5.74) is 1.49. The molecule has 1 N–H and O–H groups in total. The molecule has 0 amide bonds. The fourth-order valence-electron chi connectivity index (χ4n) is 2.21. The zero-order chi connectivity index (χ0) is 12.3. The van der Waals surface area contributed by atoms with Gasteiger partial charge in [-0.3, -0.25) is 0 Å². The Morgan fingerprint density at radius 2 is 1.76 bits per heavy atom. The Kier molecular flexibility index (Phi) is 7.74. The van der Waals surface area contributed by atoms with Crippen LogP contribution in [0.2, 0.25) is 0 Å². The lowest BCUT2D eigenvalue weighted by molar-refractivity contribution is 0.519. The van der Waals surface area contributed by atoms with Crippen LogP contribution in [-0.2, 0) is 0 Å². The van der Waals surface area contributed by atoms with E-state index in [1.807, 2.05) is 0 Å². The standard InChI is InChI=1S/C16H27N/c1-3-5-7-12-16(14-17-13-4-2)15-10-8-6-9-11-15/h6,8-11,16-17H,3-5,7,12-14H2,1-2H3. The van der Waals surface area contributed by atoms with Gasteiger partial charge >= 0.3 is 0 Å². The number of benzene rings is 1. The molecule has 0 aliphatic heterocycles. The molecule has 0 aromatic heterocycles. The fraction of sp³-hybridized carbons (Fsp3) is 0.625. The number of rotatable bonds is 9. The van der Waals surface area contributed by atoms with Gasteiger partial charge in [-0.25, -0.2) is 0 Å². The smallest absolute Gasteiger partial charge is 0.00201 e. The maximum atomic E-state index is 3.56. The molecule has 1 atom stereocenters. The summed E-state index contributed by atoms with van der Waals surface area (Å²) in [4.78, 5) is 0. The van der Waals surface area contributed by atoms with E-state index in [2.05, 4.69) is 49.5 Å². The Hall–Kier alpha value is -0.820. The molecule has 0 heterocycles. The summed E-state index contributed by atoms with van der Waals surface area (Å²) in [6, 6.07) is 10.9. The quantitative estimate of drug-likeness (QED) is 0.625. The van der Waals surface area contributed by atoms with Crippen LogP contribution in [0.1, 0.15) is 57.4 Å². The van der Waals surface area contributed by atoms with Crippen LogP contribution < -0.4 is 5.32 Å². The van der Waals surface area contributed by atoms with Crippen LogP contribution in [0.15, 0.2) is 30.3 Å². The van der Waals surface area contributed by atoms with E-state index in [9.17, 15) is 0 Å². The van der Waals surface area contributed by atoms with Crippen molar-refractivity contribution in [2.75, 3.05) is 13.1 Å². The highest BCUT2D eigenvalue weighted by molar-refractivity contribution is 5.19. The third-order valence-electron chi connectivity index (χ3n) is 3.24. The number of hydrogen-bond donors (Lipinski definition) is 1. The van der Waals surface area contributed by atoms with Crippen LogP contribution in [0.5, 0.6) is 0 Å². The van der Waals surface area contributed by atoms with Crippen molar-refractivity contribution in [2.24, 2.45) is 0 Å². The monoisotopic (exact) mass is 233 g/mol. The molecule has 0 aliphatic rings. The summed E-state index contributed by atoms with van der Waals surface area (Å²) in [6.45, 7) is 6.76. The van der Waals surface area contributed by atoms with E-state index in [0.717, 1.165) is 13.1 Å². The average Bonchev–Trinajstić information content (AvgIpc) is 2.38. The molecule has 1 unspecified atom stereocenters. The molecule has 1 heteroatoms. The summed E-state index contributed by atoms with van der Waals surface area (Å²) in [5.74, 6) is 0.689. The van der Waals surface area contributed by atoms with Crippen molar-refractivity contribution in [2.45, 2.75) is 51.9 Å². The summed E-state index contributed by atoms with van der Waals surface area (Å²) in [7, 11) is 0. The molecule has 17 heavy (non-hydrogen) atoms. The highest BCUT2D eigenvalue weighted by Gasteiger charge is 2.09. The molecule has 0 saturated heterocycles. The molecule has 1 nitrogen and oxygen atoms in total. The lowest BCUT2D eigenvalue weighted by Gasteiger charge is -2.18. The van der Waals surface area contributed by atoms with Gasteiger partial charge in [-0.15, -0.1) is 0 Å². The van der Waals surface area contributed by atoms with Gasteiger partial charge in [0, 0.05) is 6.54 Å². The summed E-state index contributed by atoms with van der Waals surface area (Å²) in [6.07, 6.45) is 6.55. The zero-order valence-corrected chi connectivity index (χ0v) is 11.4. The predicted molar refractivity (Wildman–Crippen MR) is 76.5 cm³/mol. The maximum Gasteiger partial charge on any atom is 0.00201 e. The third kappa shape index (κ3) is 5.88. The van der Waals surface area contributed by atoms with Crippen molar-refractivity contribution in [3.8, 4) is 0 Å². The van der Waals surface area contributed by atoms with Crippen LogP contribution >= 0.6 is 0 Å². The molecule has 0 bridgehead atoms. The fourth-order valence-corrected chi connectivity index (χ4v) is 2.21. The summed E-state index contributed by atoms with van der Waals surface area (Å²) < 4.78 is 0. The first-order valence-corrected chi connectivity index (χ1v) is 7.14. The van der Waals surface area contributed by atoms with Gasteiger partial charge in [-0.2, -0.15) is 0 Å². The summed E-state index contributed by atoms with van der Waals surface area (Å²) >= 11 is 0. The molecule has 1 aromatic rings. The number of hydrogen-bond acceptors (Lipinski definition) is 1. The molecular formula is C16H27N. The number of nitrogens with one attached hydrogen (secondary N) is 1. The van der Waals surface area contributed by atoms with Gasteiger partial charge in [0.2, 0.25) is 0 Å². The predicted octanol–water partition coefficient (Wildman–Crippen LogP) is 4.35. The maximum absolute atomic E-state index is 3.56. The van der Waals surface area contributed by atoms with Crippen molar-refractivity contribution >= 4 is 0 Å². The van der Waals surface area contributed by atoms with Crippen LogP contribution in [0.25, 0.3) is 0 Å². The van der Waals surface area contributed by atoms with E-state index in [1.54, 1.807) is 0 Å². The second-order valence-corrected chi connectivity index (χ2v) is 4.81. The van der Waals surface area contributed by atoms with Crippen LogP contribution in [0.4, 0.5) is 0 Å². The molecule has 96 valence electrons. The Balaban J connectivity index is 2.46.